The Labute approximate surface area is 148 Å². The molecule has 1 unspecified atom stereocenters. The molecular weight excluding hydrogens is 324 g/mol. The summed E-state index contributed by atoms with van der Waals surface area (Å²) in [5.41, 5.74) is 3.36. The summed E-state index contributed by atoms with van der Waals surface area (Å²) in [6.45, 7) is 7.65. The molecule has 2 rings (SSSR count). The van der Waals surface area contributed by atoms with E-state index in [2.05, 4.69) is 27.7 Å². The number of hydrogen-bond donors (Lipinski definition) is 2. The fraction of sp³-hybridized carbons (Fsp3) is 0.444. The van der Waals surface area contributed by atoms with E-state index in [0.29, 0.717) is 5.92 Å². The number of aryl methyl sites for hydroxylation is 2. The van der Waals surface area contributed by atoms with E-state index in [0.717, 1.165) is 41.9 Å². The normalized spacial score (nSPS) is 13.0. The third-order valence-electron chi connectivity index (χ3n) is 4.00. The summed E-state index contributed by atoms with van der Waals surface area (Å²) in [5.74, 6) is 1.97. The lowest BCUT2D eigenvalue weighted by Gasteiger charge is -2.16. The first-order valence-corrected chi connectivity index (χ1v) is 8.50. The van der Waals surface area contributed by atoms with E-state index in [1.54, 1.807) is 7.05 Å². The molecule has 1 aromatic heterocycles. The molecule has 2 N–H and O–H groups in total. The first-order chi connectivity index (χ1) is 11.5. The summed E-state index contributed by atoms with van der Waals surface area (Å²) in [6.07, 6.45) is 0.914. The molecule has 0 aliphatic carbocycles. The average Bonchev–Trinajstić information content (AvgIpc) is 2.91. The SMILES string of the molecule is CN=C(NCCc1ccc(Cl)cc1)NCC(C)c1c(C)noc1C. The standard InChI is InChI=1S/C18H25ClN4O/c1-12(17-13(2)23-24-14(17)3)11-22-18(20-4)21-10-9-15-5-7-16(19)8-6-15/h5-8,12H,9-11H2,1-4H3,(H2,20,21,22). The van der Waals surface area contributed by atoms with E-state index in [4.69, 9.17) is 16.1 Å². The molecule has 2 aromatic rings. The first kappa shape index (κ1) is 18.3. The molecule has 0 amide bonds. The number of aromatic nitrogens is 1. The Kier molecular flexibility index (Phi) is 6.67. The molecule has 5 nitrogen and oxygen atoms in total. The number of nitrogens with one attached hydrogen (secondary N) is 2. The summed E-state index contributed by atoms with van der Waals surface area (Å²) in [7, 11) is 1.78. The van der Waals surface area contributed by atoms with Crippen molar-refractivity contribution in [2.24, 2.45) is 4.99 Å². The molecule has 0 aliphatic rings. The van der Waals surface area contributed by atoms with Crippen LogP contribution in [-0.2, 0) is 6.42 Å². The van der Waals surface area contributed by atoms with E-state index in [-0.39, 0.29) is 0 Å². The van der Waals surface area contributed by atoms with Crippen molar-refractivity contribution in [2.75, 3.05) is 20.1 Å². The van der Waals surface area contributed by atoms with Crippen LogP contribution in [0.15, 0.2) is 33.8 Å². The number of rotatable bonds is 6. The van der Waals surface area contributed by atoms with Crippen molar-refractivity contribution >= 4 is 17.6 Å². The molecule has 130 valence electrons. The summed E-state index contributed by atoms with van der Waals surface area (Å²) < 4.78 is 5.24. The number of hydrogen-bond acceptors (Lipinski definition) is 3. The van der Waals surface area contributed by atoms with Crippen LogP contribution in [0.3, 0.4) is 0 Å². The molecule has 0 bridgehead atoms. The van der Waals surface area contributed by atoms with Crippen LogP contribution in [-0.4, -0.2) is 31.3 Å². The van der Waals surface area contributed by atoms with Gasteiger partial charge in [0.2, 0.25) is 0 Å². The zero-order valence-electron chi connectivity index (χ0n) is 14.7. The van der Waals surface area contributed by atoms with Gasteiger partial charge in [-0.3, -0.25) is 4.99 Å². The summed E-state index contributed by atoms with van der Waals surface area (Å²) in [4.78, 5) is 4.27. The second-order valence-corrected chi connectivity index (χ2v) is 6.33. The molecule has 0 fully saturated rings. The Morgan fingerprint density at radius 1 is 1.25 bits per heavy atom. The van der Waals surface area contributed by atoms with Crippen molar-refractivity contribution < 1.29 is 4.52 Å². The Morgan fingerprint density at radius 3 is 2.54 bits per heavy atom. The fourth-order valence-electron chi connectivity index (χ4n) is 2.74. The van der Waals surface area contributed by atoms with Crippen molar-refractivity contribution in [3.05, 3.63) is 51.9 Å². The molecule has 0 aliphatic heterocycles. The maximum absolute atomic E-state index is 5.90. The number of aliphatic imine (C=N–C) groups is 1. The molecule has 1 heterocycles. The first-order valence-electron chi connectivity index (χ1n) is 8.13. The zero-order chi connectivity index (χ0) is 17.5. The molecular formula is C18H25ClN4O. The molecule has 24 heavy (non-hydrogen) atoms. The van der Waals surface area contributed by atoms with Gasteiger partial charge in [0.05, 0.1) is 5.69 Å². The van der Waals surface area contributed by atoms with Crippen molar-refractivity contribution in [1.29, 1.82) is 0 Å². The fourth-order valence-corrected chi connectivity index (χ4v) is 2.87. The number of guanidine groups is 1. The Balaban J connectivity index is 1.79. The lowest BCUT2D eigenvalue weighted by molar-refractivity contribution is 0.391. The van der Waals surface area contributed by atoms with Gasteiger partial charge in [0.1, 0.15) is 5.76 Å². The quantitative estimate of drug-likeness (QED) is 0.620. The van der Waals surface area contributed by atoms with E-state index in [1.807, 2.05) is 38.1 Å². The Morgan fingerprint density at radius 2 is 1.96 bits per heavy atom. The van der Waals surface area contributed by atoms with Crippen molar-refractivity contribution in [3.8, 4) is 0 Å². The van der Waals surface area contributed by atoms with Crippen LogP contribution in [0.1, 0.15) is 35.4 Å². The van der Waals surface area contributed by atoms with Gasteiger partial charge in [0, 0.05) is 36.6 Å². The van der Waals surface area contributed by atoms with Gasteiger partial charge in [-0.1, -0.05) is 35.8 Å². The maximum atomic E-state index is 5.90. The van der Waals surface area contributed by atoms with Crippen LogP contribution >= 0.6 is 11.6 Å². The average molecular weight is 349 g/mol. The predicted octanol–water partition coefficient (Wildman–Crippen LogP) is 3.46. The van der Waals surface area contributed by atoms with Gasteiger partial charge in [-0.05, 0) is 38.0 Å². The molecule has 1 aromatic carbocycles. The van der Waals surface area contributed by atoms with Crippen LogP contribution in [0.25, 0.3) is 0 Å². The summed E-state index contributed by atoms with van der Waals surface area (Å²) in [6, 6.07) is 7.91. The van der Waals surface area contributed by atoms with Gasteiger partial charge < -0.3 is 15.2 Å². The van der Waals surface area contributed by atoms with E-state index in [1.165, 1.54) is 11.1 Å². The minimum Gasteiger partial charge on any atom is -0.361 e. The Bertz CT molecular complexity index is 659. The third kappa shape index (κ3) is 4.99. The number of nitrogens with zero attached hydrogens (tertiary/aromatic N) is 2. The van der Waals surface area contributed by atoms with Gasteiger partial charge in [-0.2, -0.15) is 0 Å². The lowest BCUT2D eigenvalue weighted by Crippen LogP contribution is -2.40. The summed E-state index contributed by atoms with van der Waals surface area (Å²) in [5, 5.41) is 11.5. The number of benzene rings is 1. The minimum atomic E-state index is 0.297. The number of halogens is 1. The highest BCUT2D eigenvalue weighted by atomic mass is 35.5. The van der Waals surface area contributed by atoms with Crippen LogP contribution in [0.4, 0.5) is 0 Å². The molecule has 0 saturated heterocycles. The monoisotopic (exact) mass is 348 g/mol. The molecule has 1 atom stereocenters. The Hall–Kier alpha value is -2.01. The third-order valence-corrected chi connectivity index (χ3v) is 4.25. The van der Waals surface area contributed by atoms with Crippen LogP contribution < -0.4 is 10.6 Å². The van der Waals surface area contributed by atoms with Gasteiger partial charge in [0.15, 0.2) is 5.96 Å². The lowest BCUT2D eigenvalue weighted by atomic mass is 10.00. The molecule has 0 radical (unpaired) electrons. The van der Waals surface area contributed by atoms with E-state index < -0.39 is 0 Å². The van der Waals surface area contributed by atoms with E-state index >= 15 is 0 Å². The highest BCUT2D eigenvalue weighted by Crippen LogP contribution is 2.22. The minimum absolute atomic E-state index is 0.297. The van der Waals surface area contributed by atoms with Crippen molar-refractivity contribution in [3.63, 3.8) is 0 Å². The molecule has 6 heteroatoms. The van der Waals surface area contributed by atoms with Gasteiger partial charge >= 0.3 is 0 Å². The summed E-state index contributed by atoms with van der Waals surface area (Å²) >= 11 is 5.90. The highest BCUT2D eigenvalue weighted by molar-refractivity contribution is 6.30. The van der Waals surface area contributed by atoms with Crippen LogP contribution in [0.2, 0.25) is 5.02 Å². The van der Waals surface area contributed by atoms with Crippen molar-refractivity contribution in [1.82, 2.24) is 15.8 Å². The van der Waals surface area contributed by atoms with Crippen LogP contribution in [0, 0.1) is 13.8 Å². The topological polar surface area (TPSA) is 62.5 Å². The molecule has 0 saturated carbocycles. The smallest absolute Gasteiger partial charge is 0.191 e. The largest absolute Gasteiger partial charge is 0.361 e. The van der Waals surface area contributed by atoms with Gasteiger partial charge in [-0.25, -0.2) is 0 Å². The van der Waals surface area contributed by atoms with Crippen LogP contribution in [0.5, 0.6) is 0 Å². The van der Waals surface area contributed by atoms with Gasteiger partial charge in [-0.15, -0.1) is 0 Å². The van der Waals surface area contributed by atoms with Gasteiger partial charge in [0.25, 0.3) is 0 Å². The molecule has 0 spiro atoms. The van der Waals surface area contributed by atoms with Crippen molar-refractivity contribution in [2.45, 2.75) is 33.1 Å². The zero-order valence-corrected chi connectivity index (χ0v) is 15.4. The van der Waals surface area contributed by atoms with E-state index in [9.17, 15) is 0 Å². The second-order valence-electron chi connectivity index (χ2n) is 5.90. The maximum Gasteiger partial charge on any atom is 0.191 e. The highest BCUT2D eigenvalue weighted by Gasteiger charge is 2.16. The second kappa shape index (κ2) is 8.73. The predicted molar refractivity (Wildman–Crippen MR) is 98.9 cm³/mol.